The van der Waals surface area contributed by atoms with E-state index in [4.69, 9.17) is 33.4 Å². The van der Waals surface area contributed by atoms with Crippen LogP contribution >= 0.6 is 34.9 Å². The second-order valence-corrected chi connectivity index (χ2v) is 10.4. The molecule has 1 aliphatic heterocycles. The molecule has 2 radical (unpaired) electrons. The number of carbonyl (C=O) groups is 1. The number of halogens is 1. The van der Waals surface area contributed by atoms with Crippen LogP contribution in [0.15, 0.2) is 33.0 Å². The zero-order valence-electron chi connectivity index (χ0n) is 20.3. The lowest BCUT2D eigenvalue weighted by Gasteiger charge is -2.21. The Morgan fingerprint density at radius 1 is 1.21 bits per heavy atom. The minimum Gasteiger partial charge on any atom is -0.403 e. The number of ether oxygens (including phenoxy) is 2. The van der Waals surface area contributed by atoms with Crippen LogP contribution in [0, 0.1) is 0 Å². The number of anilines is 1. The molecule has 204 valence electrons. The Bertz CT molecular complexity index is 1300. The molecule has 16 heteroatoms. The number of fused-ring (bicyclic) bond motifs is 1. The van der Waals surface area contributed by atoms with E-state index in [2.05, 4.69) is 23.7 Å². The van der Waals surface area contributed by atoms with Gasteiger partial charge in [-0.05, 0) is 48.0 Å². The Balaban J connectivity index is 0.00000127. The number of benzene rings is 1. The van der Waals surface area contributed by atoms with Crippen LogP contribution in [0.5, 0.6) is 11.5 Å². The summed E-state index contributed by atoms with van der Waals surface area (Å²) in [6.07, 6.45) is -2.08. The number of rotatable bonds is 8. The topological polar surface area (TPSA) is 195 Å². The van der Waals surface area contributed by atoms with Crippen molar-refractivity contribution in [3.05, 3.63) is 50.3 Å². The average Bonchev–Trinajstić information content (AvgIpc) is 3.46. The molecule has 2 aromatic heterocycles. The van der Waals surface area contributed by atoms with Crippen LogP contribution in [-0.4, -0.2) is 55.6 Å². The number of ketones is 1. The molecule has 0 amide bonds. The van der Waals surface area contributed by atoms with E-state index in [0.717, 1.165) is 36.3 Å². The molecule has 0 fully saturated rings. The lowest BCUT2D eigenvalue weighted by Crippen LogP contribution is -2.37. The van der Waals surface area contributed by atoms with Crippen LogP contribution in [0.4, 0.5) is 5.88 Å². The van der Waals surface area contributed by atoms with Gasteiger partial charge in [0.15, 0.2) is 30.8 Å². The maximum absolute atomic E-state index is 13.1. The predicted molar refractivity (Wildman–Crippen MR) is 138 cm³/mol. The van der Waals surface area contributed by atoms with E-state index >= 15 is 0 Å². The molecule has 4 rings (SSSR count). The Labute approximate surface area is 231 Å². The second kappa shape index (κ2) is 11.4. The third-order valence-corrected chi connectivity index (χ3v) is 6.91. The molecule has 0 aliphatic carbocycles. The number of Topliss-reactive ketones (excluding diaryl/α,β-unsaturated/α-hetero) is 1. The fraction of sp³-hybridized carbons (Fsp3) is 0.364. The first-order valence-electron chi connectivity index (χ1n) is 10.9. The number of nitrogens with zero attached hydrogens (tertiary/aromatic N) is 1. The molecule has 38 heavy (non-hydrogen) atoms. The summed E-state index contributed by atoms with van der Waals surface area (Å²) in [4.78, 5) is 13.8. The van der Waals surface area contributed by atoms with E-state index in [9.17, 15) is 35.4 Å². The molecule has 7 N–H and O–H groups in total. The van der Waals surface area contributed by atoms with E-state index in [0.29, 0.717) is 4.90 Å². The van der Waals surface area contributed by atoms with Gasteiger partial charge in [0.05, 0.1) is 9.77 Å². The van der Waals surface area contributed by atoms with Crippen molar-refractivity contribution < 1.29 is 49.4 Å². The van der Waals surface area contributed by atoms with E-state index in [1.807, 2.05) is 0 Å². The molecule has 1 aromatic carbocycles. The highest BCUT2D eigenvalue weighted by molar-refractivity contribution is 8.00. The minimum absolute atomic E-state index is 0.0351. The summed E-state index contributed by atoms with van der Waals surface area (Å²) < 4.78 is 17.3. The summed E-state index contributed by atoms with van der Waals surface area (Å²) in [6, 6.07) is 3.83. The van der Waals surface area contributed by atoms with Crippen molar-refractivity contribution in [1.82, 2.24) is 5.16 Å². The molecule has 0 spiro atoms. The van der Waals surface area contributed by atoms with E-state index in [1.165, 1.54) is 12.5 Å². The molecule has 3 aromatic rings. The second-order valence-electron chi connectivity index (χ2n) is 8.26. The van der Waals surface area contributed by atoms with Gasteiger partial charge in [-0.1, -0.05) is 37.0 Å². The maximum Gasteiger partial charge on any atom is 0.505 e. The summed E-state index contributed by atoms with van der Waals surface area (Å²) in [5.41, 5.74) is -3.44. The quantitative estimate of drug-likeness (QED) is 0.0878. The lowest BCUT2D eigenvalue weighted by atomic mass is 9.83. The number of hydrogen-bond donors (Lipinski definition) is 7. The normalized spacial score (nSPS) is 14.2. The summed E-state index contributed by atoms with van der Waals surface area (Å²) in [5.74, 6) is -3.21. The predicted octanol–water partition coefficient (Wildman–Crippen LogP) is 2.14. The molecule has 0 saturated carbocycles. The van der Waals surface area contributed by atoms with Gasteiger partial charge >= 0.3 is 6.16 Å². The Hall–Kier alpha value is -2.34. The molecule has 0 bridgehead atoms. The SMILES string of the molecule is CCC.[B]C(O)(O)c1cc2c(cc1CC(=O)c1sccc1SNc1onc(C(C)(O)O)c1Cl)OC(O)(O)O2. The van der Waals surface area contributed by atoms with Gasteiger partial charge < -0.3 is 34.4 Å². The van der Waals surface area contributed by atoms with Crippen LogP contribution < -0.4 is 14.2 Å². The highest BCUT2D eigenvalue weighted by Gasteiger charge is 2.40. The summed E-state index contributed by atoms with van der Waals surface area (Å²) in [6.45, 7) is 5.31. The van der Waals surface area contributed by atoms with Gasteiger partial charge in [0.25, 0.3) is 5.88 Å². The highest BCUT2D eigenvalue weighted by atomic mass is 35.5. The number of aliphatic hydroxyl groups is 6. The molecule has 1 aliphatic rings. The number of carbonyl (C=O) groups excluding carboxylic acids is 1. The number of aromatic nitrogens is 1. The standard InChI is InChI=1S/C19H16BClN2O10S2.C3H8/c1-17(25,26)15-13(21)16(33-22-15)23-35-12-2-3-34-14(12)9(24)4-7-5-10-11(32-19(29,30)31-10)6-8(7)18(20,27)28;1-3-2/h2-3,5-6,23,25-30H,4H2,1H3;3H2,1-2H3. The Morgan fingerprint density at radius 3 is 2.37 bits per heavy atom. The first kappa shape index (κ1) is 30.2. The van der Waals surface area contributed by atoms with Crippen molar-refractivity contribution >= 4 is 54.4 Å². The number of hydrogen-bond acceptors (Lipinski definition) is 14. The number of thiophene rings is 1. The fourth-order valence-electron chi connectivity index (χ4n) is 3.13. The molecule has 0 saturated heterocycles. The van der Waals surface area contributed by atoms with Gasteiger partial charge in [0.1, 0.15) is 10.7 Å². The average molecular weight is 587 g/mol. The van der Waals surface area contributed by atoms with E-state index in [1.54, 1.807) is 11.4 Å². The van der Waals surface area contributed by atoms with E-state index < -0.39 is 23.4 Å². The molecule has 0 atom stereocenters. The van der Waals surface area contributed by atoms with Crippen molar-refractivity contribution in [3.8, 4) is 11.5 Å². The van der Waals surface area contributed by atoms with Gasteiger partial charge in [-0.3, -0.25) is 19.7 Å². The Kier molecular flexibility index (Phi) is 9.08. The van der Waals surface area contributed by atoms with Crippen molar-refractivity contribution in [3.63, 3.8) is 0 Å². The van der Waals surface area contributed by atoms with Crippen molar-refractivity contribution in [2.75, 3.05) is 4.72 Å². The summed E-state index contributed by atoms with van der Waals surface area (Å²) >= 11 is 8.09. The molecular weight excluding hydrogens is 563 g/mol. The number of nitrogens with one attached hydrogen (secondary N) is 1. The van der Waals surface area contributed by atoms with Crippen LogP contribution in [0.25, 0.3) is 0 Å². The molecular formula is C22H24BClN2O10S2. The van der Waals surface area contributed by atoms with Gasteiger partial charge in [0.2, 0.25) is 5.79 Å². The fourth-order valence-corrected chi connectivity index (χ4v) is 5.25. The van der Waals surface area contributed by atoms with Crippen LogP contribution in [-0.2, 0) is 17.9 Å². The first-order chi connectivity index (χ1) is 17.6. The summed E-state index contributed by atoms with van der Waals surface area (Å²) in [7, 11) is 5.40. The van der Waals surface area contributed by atoms with Gasteiger partial charge in [-0.2, -0.15) is 0 Å². The van der Waals surface area contributed by atoms with E-state index in [-0.39, 0.29) is 50.5 Å². The zero-order valence-corrected chi connectivity index (χ0v) is 22.6. The molecule has 3 heterocycles. The third-order valence-electron chi connectivity index (χ3n) is 4.62. The minimum atomic E-state index is -2.96. The monoisotopic (exact) mass is 586 g/mol. The van der Waals surface area contributed by atoms with Gasteiger partial charge in [-0.25, -0.2) is 0 Å². The van der Waals surface area contributed by atoms with Crippen molar-refractivity contribution in [2.45, 2.75) is 56.1 Å². The summed E-state index contributed by atoms with van der Waals surface area (Å²) in [5, 5.41) is 63.2. The zero-order chi connectivity index (χ0) is 28.5. The van der Waals surface area contributed by atoms with Crippen molar-refractivity contribution in [1.29, 1.82) is 0 Å². The highest BCUT2D eigenvalue weighted by Crippen LogP contribution is 2.42. The lowest BCUT2D eigenvalue weighted by molar-refractivity contribution is -0.385. The maximum atomic E-state index is 13.1. The van der Waals surface area contributed by atoms with Crippen LogP contribution in [0.1, 0.15) is 53.7 Å². The molecule has 0 unspecified atom stereocenters. The first-order valence-corrected chi connectivity index (χ1v) is 13.0. The van der Waals surface area contributed by atoms with Gasteiger partial charge in [-0.15, -0.1) is 11.3 Å². The third kappa shape index (κ3) is 6.99. The molecule has 12 nitrogen and oxygen atoms in total. The van der Waals surface area contributed by atoms with Crippen LogP contribution in [0.2, 0.25) is 5.02 Å². The van der Waals surface area contributed by atoms with Crippen LogP contribution in [0.3, 0.4) is 0 Å². The Morgan fingerprint density at radius 2 is 1.82 bits per heavy atom. The smallest absolute Gasteiger partial charge is 0.403 e. The van der Waals surface area contributed by atoms with Crippen molar-refractivity contribution in [2.24, 2.45) is 0 Å². The largest absolute Gasteiger partial charge is 0.505 e. The van der Waals surface area contributed by atoms with Gasteiger partial charge in [0, 0.05) is 12.0 Å².